The Balaban J connectivity index is 2.33. The Morgan fingerprint density at radius 1 is 1.24 bits per heavy atom. The summed E-state index contributed by atoms with van der Waals surface area (Å²) in [4.78, 5) is 8.44. The minimum Gasteiger partial charge on any atom is -0.438 e. The zero-order chi connectivity index (χ0) is 15.2. The Morgan fingerprint density at radius 3 is 2.76 bits per heavy atom. The summed E-state index contributed by atoms with van der Waals surface area (Å²) in [6.45, 7) is 6.81. The highest BCUT2D eigenvalue weighted by atomic mass is 19.1. The van der Waals surface area contributed by atoms with E-state index in [0.717, 1.165) is 36.3 Å². The fraction of sp³-hybridized carbons (Fsp3) is 0.375. The van der Waals surface area contributed by atoms with Crippen LogP contribution in [0.15, 0.2) is 24.5 Å². The maximum atomic E-state index is 13.4. The molecule has 0 saturated heterocycles. The lowest BCUT2D eigenvalue weighted by Crippen LogP contribution is -2.07. The molecule has 21 heavy (non-hydrogen) atoms. The standard InChI is InChI=1S/C16H20FN3O/c1-4-8-18-15-13(5-2)16(20-10-19-15)21-14-9-12(17)7-6-11(14)3/h6-7,9-10H,4-5,8H2,1-3H3,(H,18,19,20). The van der Waals surface area contributed by atoms with Crippen LogP contribution in [0.2, 0.25) is 0 Å². The number of nitrogens with one attached hydrogen (secondary N) is 1. The normalized spacial score (nSPS) is 10.5. The molecular weight excluding hydrogens is 269 g/mol. The molecule has 0 aliphatic carbocycles. The molecule has 2 aromatic rings. The molecule has 0 atom stereocenters. The third-order valence-electron chi connectivity index (χ3n) is 3.16. The van der Waals surface area contributed by atoms with Crippen molar-refractivity contribution in [1.82, 2.24) is 9.97 Å². The molecule has 2 rings (SSSR count). The van der Waals surface area contributed by atoms with Gasteiger partial charge in [0.1, 0.15) is 23.7 Å². The second kappa shape index (κ2) is 7.02. The molecule has 0 fully saturated rings. The predicted octanol–water partition coefficient (Wildman–Crippen LogP) is 4.10. The Hall–Kier alpha value is -2.17. The molecule has 0 saturated carbocycles. The summed E-state index contributed by atoms with van der Waals surface area (Å²) < 4.78 is 19.2. The summed E-state index contributed by atoms with van der Waals surface area (Å²) in [6, 6.07) is 4.47. The van der Waals surface area contributed by atoms with Crippen molar-refractivity contribution in [2.24, 2.45) is 0 Å². The highest BCUT2D eigenvalue weighted by molar-refractivity contribution is 5.50. The van der Waals surface area contributed by atoms with E-state index in [1.165, 1.54) is 18.5 Å². The van der Waals surface area contributed by atoms with Crippen LogP contribution in [0.1, 0.15) is 31.4 Å². The van der Waals surface area contributed by atoms with Crippen molar-refractivity contribution in [2.75, 3.05) is 11.9 Å². The van der Waals surface area contributed by atoms with Gasteiger partial charge >= 0.3 is 0 Å². The van der Waals surface area contributed by atoms with E-state index in [2.05, 4.69) is 22.2 Å². The minimum atomic E-state index is -0.327. The summed E-state index contributed by atoms with van der Waals surface area (Å²) in [5, 5.41) is 3.26. The van der Waals surface area contributed by atoms with Gasteiger partial charge in [-0.25, -0.2) is 14.4 Å². The van der Waals surface area contributed by atoms with E-state index in [4.69, 9.17) is 4.74 Å². The monoisotopic (exact) mass is 289 g/mol. The van der Waals surface area contributed by atoms with Gasteiger partial charge in [-0.1, -0.05) is 19.9 Å². The van der Waals surface area contributed by atoms with Crippen molar-refractivity contribution in [3.05, 3.63) is 41.5 Å². The van der Waals surface area contributed by atoms with E-state index in [0.29, 0.717) is 11.6 Å². The average molecular weight is 289 g/mol. The van der Waals surface area contributed by atoms with Gasteiger partial charge in [0, 0.05) is 12.6 Å². The Bertz CT molecular complexity index is 616. The summed E-state index contributed by atoms with van der Waals surface area (Å²) in [5.74, 6) is 1.40. The lowest BCUT2D eigenvalue weighted by Gasteiger charge is -2.14. The molecule has 1 heterocycles. The van der Waals surface area contributed by atoms with Crippen molar-refractivity contribution in [3.63, 3.8) is 0 Å². The number of halogens is 1. The molecule has 5 heteroatoms. The predicted molar refractivity (Wildman–Crippen MR) is 81.4 cm³/mol. The van der Waals surface area contributed by atoms with Gasteiger partial charge in [-0.3, -0.25) is 0 Å². The van der Waals surface area contributed by atoms with Crippen molar-refractivity contribution in [3.8, 4) is 11.6 Å². The van der Waals surface area contributed by atoms with Gasteiger partial charge in [-0.2, -0.15) is 0 Å². The quantitative estimate of drug-likeness (QED) is 0.869. The zero-order valence-electron chi connectivity index (χ0n) is 12.6. The van der Waals surface area contributed by atoms with Gasteiger partial charge in [-0.15, -0.1) is 0 Å². The molecule has 0 unspecified atom stereocenters. The van der Waals surface area contributed by atoms with Crippen LogP contribution in [0.5, 0.6) is 11.6 Å². The van der Waals surface area contributed by atoms with Gasteiger partial charge in [0.05, 0.1) is 5.56 Å². The van der Waals surface area contributed by atoms with Crippen LogP contribution in [0.4, 0.5) is 10.2 Å². The first-order chi connectivity index (χ1) is 10.2. The molecule has 1 aromatic carbocycles. The van der Waals surface area contributed by atoms with Crippen LogP contribution >= 0.6 is 0 Å². The number of nitrogens with zero attached hydrogens (tertiary/aromatic N) is 2. The first-order valence-corrected chi connectivity index (χ1v) is 7.17. The molecule has 0 spiro atoms. The summed E-state index contributed by atoms with van der Waals surface area (Å²) in [6.07, 6.45) is 3.20. The molecule has 112 valence electrons. The van der Waals surface area contributed by atoms with Crippen LogP contribution in [-0.4, -0.2) is 16.5 Å². The topological polar surface area (TPSA) is 47.0 Å². The van der Waals surface area contributed by atoms with Crippen LogP contribution < -0.4 is 10.1 Å². The second-order valence-corrected chi connectivity index (χ2v) is 4.80. The molecule has 0 radical (unpaired) electrons. The van der Waals surface area contributed by atoms with E-state index in [1.807, 2.05) is 13.8 Å². The van der Waals surface area contributed by atoms with Crippen LogP contribution in [0, 0.1) is 12.7 Å². The average Bonchev–Trinajstić information content (AvgIpc) is 2.49. The second-order valence-electron chi connectivity index (χ2n) is 4.80. The third kappa shape index (κ3) is 3.68. The first-order valence-electron chi connectivity index (χ1n) is 7.17. The molecule has 0 amide bonds. The fourth-order valence-electron chi connectivity index (χ4n) is 1.99. The van der Waals surface area contributed by atoms with Crippen LogP contribution in [0.3, 0.4) is 0 Å². The first kappa shape index (κ1) is 15.2. The zero-order valence-corrected chi connectivity index (χ0v) is 12.6. The van der Waals surface area contributed by atoms with E-state index in [1.54, 1.807) is 6.07 Å². The highest BCUT2D eigenvalue weighted by Crippen LogP contribution is 2.29. The van der Waals surface area contributed by atoms with Crippen molar-refractivity contribution >= 4 is 5.82 Å². The van der Waals surface area contributed by atoms with E-state index in [-0.39, 0.29) is 5.82 Å². The third-order valence-corrected chi connectivity index (χ3v) is 3.16. The lowest BCUT2D eigenvalue weighted by atomic mass is 10.2. The summed E-state index contributed by atoms with van der Waals surface area (Å²) in [5.41, 5.74) is 1.76. The Kier molecular flexibility index (Phi) is 5.09. The largest absolute Gasteiger partial charge is 0.438 e. The Labute approximate surface area is 124 Å². The van der Waals surface area contributed by atoms with E-state index < -0.39 is 0 Å². The van der Waals surface area contributed by atoms with Gasteiger partial charge < -0.3 is 10.1 Å². The van der Waals surface area contributed by atoms with Crippen molar-refractivity contribution < 1.29 is 9.13 Å². The van der Waals surface area contributed by atoms with E-state index >= 15 is 0 Å². The van der Waals surface area contributed by atoms with Gasteiger partial charge in [0.25, 0.3) is 0 Å². The molecule has 0 aliphatic rings. The summed E-state index contributed by atoms with van der Waals surface area (Å²) >= 11 is 0. The van der Waals surface area contributed by atoms with Crippen molar-refractivity contribution in [1.29, 1.82) is 0 Å². The number of hydrogen-bond donors (Lipinski definition) is 1. The molecule has 4 nitrogen and oxygen atoms in total. The number of benzene rings is 1. The molecule has 0 aliphatic heterocycles. The van der Waals surface area contributed by atoms with Crippen LogP contribution in [0.25, 0.3) is 0 Å². The lowest BCUT2D eigenvalue weighted by molar-refractivity contribution is 0.447. The number of anilines is 1. The van der Waals surface area contributed by atoms with E-state index in [9.17, 15) is 4.39 Å². The highest BCUT2D eigenvalue weighted by Gasteiger charge is 2.13. The molecule has 1 aromatic heterocycles. The Morgan fingerprint density at radius 2 is 2.05 bits per heavy atom. The number of hydrogen-bond acceptors (Lipinski definition) is 4. The summed E-state index contributed by atoms with van der Waals surface area (Å²) in [7, 11) is 0. The SMILES string of the molecule is CCCNc1ncnc(Oc2cc(F)ccc2C)c1CC. The van der Waals surface area contributed by atoms with Crippen LogP contribution in [-0.2, 0) is 6.42 Å². The number of aryl methyl sites for hydroxylation is 1. The smallest absolute Gasteiger partial charge is 0.227 e. The molecule has 1 N–H and O–H groups in total. The van der Waals surface area contributed by atoms with Gasteiger partial charge in [0.2, 0.25) is 5.88 Å². The molecular formula is C16H20FN3O. The maximum Gasteiger partial charge on any atom is 0.227 e. The number of aromatic nitrogens is 2. The minimum absolute atomic E-state index is 0.327. The van der Waals surface area contributed by atoms with Gasteiger partial charge in [-0.05, 0) is 31.4 Å². The van der Waals surface area contributed by atoms with Gasteiger partial charge in [0.15, 0.2) is 0 Å². The number of ether oxygens (including phenoxy) is 1. The molecule has 0 bridgehead atoms. The number of rotatable bonds is 6. The van der Waals surface area contributed by atoms with Crippen molar-refractivity contribution in [2.45, 2.75) is 33.6 Å². The fourth-order valence-corrected chi connectivity index (χ4v) is 1.99. The maximum absolute atomic E-state index is 13.4.